The Morgan fingerprint density at radius 1 is 1.26 bits per heavy atom. The summed E-state index contributed by atoms with van der Waals surface area (Å²) in [5.41, 5.74) is 1.30. The molecule has 0 atom stereocenters. The van der Waals surface area contributed by atoms with Crippen LogP contribution >= 0.6 is 0 Å². The zero-order valence-electron chi connectivity index (χ0n) is 14.9. The van der Waals surface area contributed by atoms with Crippen molar-refractivity contribution in [1.82, 2.24) is 9.80 Å². The molecule has 1 aromatic rings. The SMILES string of the molecule is CC(C)c1ccc(OCCC(=O)N(C)C2CCN(C)CC2)cc1. The highest BCUT2D eigenvalue weighted by molar-refractivity contribution is 5.76. The first-order chi connectivity index (χ1) is 11.0. The van der Waals surface area contributed by atoms with Crippen LogP contribution in [0.15, 0.2) is 24.3 Å². The highest BCUT2D eigenvalue weighted by Crippen LogP contribution is 2.19. The van der Waals surface area contributed by atoms with Gasteiger partial charge in [0.05, 0.1) is 13.0 Å². The lowest BCUT2D eigenvalue weighted by atomic mass is 10.0. The van der Waals surface area contributed by atoms with Crippen molar-refractivity contribution in [2.75, 3.05) is 33.8 Å². The lowest BCUT2D eigenvalue weighted by Crippen LogP contribution is -2.44. The molecule has 0 unspecified atom stereocenters. The van der Waals surface area contributed by atoms with Crippen LogP contribution in [0, 0.1) is 0 Å². The number of carbonyl (C=O) groups excluding carboxylic acids is 1. The summed E-state index contributed by atoms with van der Waals surface area (Å²) in [5, 5.41) is 0. The number of likely N-dealkylation sites (tertiary alicyclic amines) is 1. The molecule has 0 aliphatic carbocycles. The number of piperidine rings is 1. The molecule has 0 spiro atoms. The van der Waals surface area contributed by atoms with E-state index < -0.39 is 0 Å². The van der Waals surface area contributed by atoms with Gasteiger partial charge in [0.2, 0.25) is 5.91 Å². The smallest absolute Gasteiger partial charge is 0.225 e. The van der Waals surface area contributed by atoms with Crippen LogP contribution in [0.4, 0.5) is 0 Å². The Balaban J connectivity index is 1.73. The van der Waals surface area contributed by atoms with Gasteiger partial charge in [-0.25, -0.2) is 0 Å². The van der Waals surface area contributed by atoms with Gasteiger partial charge in [-0.05, 0) is 56.6 Å². The first-order valence-electron chi connectivity index (χ1n) is 8.64. The second-order valence-electron chi connectivity index (χ2n) is 6.86. The number of hydrogen-bond donors (Lipinski definition) is 0. The maximum atomic E-state index is 12.3. The number of carbonyl (C=O) groups is 1. The predicted octanol–water partition coefficient (Wildman–Crippen LogP) is 3.13. The van der Waals surface area contributed by atoms with E-state index in [-0.39, 0.29) is 5.91 Å². The van der Waals surface area contributed by atoms with E-state index in [1.54, 1.807) is 0 Å². The number of ether oxygens (including phenoxy) is 1. The van der Waals surface area contributed by atoms with E-state index in [0.29, 0.717) is 25.0 Å². The van der Waals surface area contributed by atoms with Gasteiger partial charge in [0.15, 0.2) is 0 Å². The van der Waals surface area contributed by atoms with Gasteiger partial charge < -0.3 is 14.5 Å². The zero-order chi connectivity index (χ0) is 16.8. The van der Waals surface area contributed by atoms with Crippen molar-refractivity contribution in [2.45, 2.75) is 45.1 Å². The molecule has 23 heavy (non-hydrogen) atoms. The van der Waals surface area contributed by atoms with Gasteiger partial charge in [0.1, 0.15) is 5.75 Å². The number of nitrogens with zero attached hydrogens (tertiary/aromatic N) is 2. The second-order valence-corrected chi connectivity index (χ2v) is 6.86. The second kappa shape index (κ2) is 8.34. The first kappa shape index (κ1) is 17.8. The van der Waals surface area contributed by atoms with Crippen LogP contribution in [-0.2, 0) is 4.79 Å². The molecule has 4 nitrogen and oxygen atoms in total. The van der Waals surface area contributed by atoms with Gasteiger partial charge in [-0.15, -0.1) is 0 Å². The molecule has 0 aromatic heterocycles. The van der Waals surface area contributed by atoms with Gasteiger partial charge >= 0.3 is 0 Å². The summed E-state index contributed by atoms with van der Waals surface area (Å²) in [7, 11) is 4.06. The standard InChI is InChI=1S/C19H30N2O2/c1-15(2)16-5-7-18(8-6-16)23-14-11-19(22)21(4)17-9-12-20(3)13-10-17/h5-8,15,17H,9-14H2,1-4H3. The molecule has 1 amide bonds. The van der Waals surface area contributed by atoms with E-state index in [1.807, 2.05) is 24.1 Å². The van der Waals surface area contributed by atoms with Crippen molar-refractivity contribution in [1.29, 1.82) is 0 Å². The van der Waals surface area contributed by atoms with Gasteiger partial charge in [0.25, 0.3) is 0 Å². The molecule has 1 aromatic carbocycles. The quantitative estimate of drug-likeness (QED) is 0.808. The van der Waals surface area contributed by atoms with E-state index in [1.165, 1.54) is 5.56 Å². The van der Waals surface area contributed by atoms with Crippen LogP contribution in [0.2, 0.25) is 0 Å². The van der Waals surface area contributed by atoms with Gasteiger partial charge in [-0.2, -0.15) is 0 Å². The Morgan fingerprint density at radius 2 is 1.87 bits per heavy atom. The van der Waals surface area contributed by atoms with Crippen molar-refractivity contribution in [3.05, 3.63) is 29.8 Å². The predicted molar refractivity (Wildman–Crippen MR) is 93.9 cm³/mol. The largest absolute Gasteiger partial charge is 0.493 e. The minimum atomic E-state index is 0.179. The van der Waals surface area contributed by atoms with Crippen LogP contribution in [0.1, 0.15) is 44.6 Å². The first-order valence-corrected chi connectivity index (χ1v) is 8.64. The summed E-state index contributed by atoms with van der Waals surface area (Å²) < 4.78 is 5.71. The maximum absolute atomic E-state index is 12.3. The summed E-state index contributed by atoms with van der Waals surface area (Å²) in [4.78, 5) is 16.5. The Labute approximate surface area is 140 Å². The highest BCUT2D eigenvalue weighted by atomic mass is 16.5. The fourth-order valence-electron chi connectivity index (χ4n) is 2.97. The van der Waals surface area contributed by atoms with Crippen LogP contribution in [-0.4, -0.2) is 55.5 Å². The van der Waals surface area contributed by atoms with Crippen LogP contribution < -0.4 is 4.74 Å². The summed E-state index contributed by atoms with van der Waals surface area (Å²) in [6.07, 6.45) is 2.57. The van der Waals surface area contributed by atoms with Gasteiger partial charge in [-0.3, -0.25) is 4.79 Å². The number of hydrogen-bond acceptors (Lipinski definition) is 3. The summed E-state index contributed by atoms with van der Waals surface area (Å²) in [6, 6.07) is 8.53. The number of amides is 1. The number of benzene rings is 1. The molecule has 1 fully saturated rings. The van der Waals surface area contributed by atoms with E-state index >= 15 is 0 Å². The molecule has 4 heteroatoms. The van der Waals surface area contributed by atoms with Crippen molar-refractivity contribution in [3.63, 3.8) is 0 Å². The van der Waals surface area contributed by atoms with E-state index in [0.717, 1.165) is 31.7 Å². The zero-order valence-corrected chi connectivity index (χ0v) is 14.9. The van der Waals surface area contributed by atoms with Crippen LogP contribution in [0.25, 0.3) is 0 Å². The molecule has 128 valence electrons. The molecule has 1 aliphatic rings. The average molecular weight is 318 g/mol. The monoisotopic (exact) mass is 318 g/mol. The molecule has 1 heterocycles. The van der Waals surface area contributed by atoms with Crippen LogP contribution in [0.3, 0.4) is 0 Å². The topological polar surface area (TPSA) is 32.8 Å². The molecule has 1 aliphatic heterocycles. The molecule has 2 rings (SSSR count). The maximum Gasteiger partial charge on any atom is 0.225 e. The number of rotatable bonds is 6. The minimum absolute atomic E-state index is 0.179. The van der Waals surface area contributed by atoms with Gasteiger partial charge in [0, 0.05) is 13.1 Å². The lowest BCUT2D eigenvalue weighted by Gasteiger charge is -2.35. The van der Waals surface area contributed by atoms with E-state index in [2.05, 4.69) is 37.9 Å². The Morgan fingerprint density at radius 3 is 2.43 bits per heavy atom. The third-order valence-corrected chi connectivity index (χ3v) is 4.76. The van der Waals surface area contributed by atoms with Crippen molar-refractivity contribution < 1.29 is 9.53 Å². The molecule has 1 saturated heterocycles. The third-order valence-electron chi connectivity index (χ3n) is 4.76. The Hall–Kier alpha value is -1.55. The van der Waals surface area contributed by atoms with Crippen molar-refractivity contribution in [2.24, 2.45) is 0 Å². The van der Waals surface area contributed by atoms with Crippen molar-refractivity contribution in [3.8, 4) is 5.75 Å². The summed E-state index contributed by atoms with van der Waals surface area (Å²) >= 11 is 0. The molecule has 0 saturated carbocycles. The molecular formula is C19H30N2O2. The summed E-state index contributed by atoms with van der Waals surface area (Å²) in [6.45, 7) is 6.93. The fraction of sp³-hybridized carbons (Fsp3) is 0.632. The van der Waals surface area contributed by atoms with E-state index in [9.17, 15) is 4.79 Å². The third kappa shape index (κ3) is 5.24. The molecule has 0 N–H and O–H groups in total. The fourth-order valence-corrected chi connectivity index (χ4v) is 2.97. The minimum Gasteiger partial charge on any atom is -0.493 e. The highest BCUT2D eigenvalue weighted by Gasteiger charge is 2.23. The van der Waals surface area contributed by atoms with Crippen LogP contribution in [0.5, 0.6) is 5.75 Å². The molecular weight excluding hydrogens is 288 g/mol. The summed E-state index contributed by atoms with van der Waals surface area (Å²) in [5.74, 6) is 1.54. The molecule has 0 radical (unpaired) electrons. The van der Waals surface area contributed by atoms with E-state index in [4.69, 9.17) is 4.74 Å². The average Bonchev–Trinajstić information content (AvgIpc) is 2.55. The normalized spacial score (nSPS) is 16.6. The van der Waals surface area contributed by atoms with Crippen molar-refractivity contribution >= 4 is 5.91 Å². The van der Waals surface area contributed by atoms with Gasteiger partial charge in [-0.1, -0.05) is 26.0 Å². The Kier molecular flexibility index (Phi) is 6.46. The molecule has 0 bridgehead atoms. The Bertz CT molecular complexity index is 491. The lowest BCUT2D eigenvalue weighted by molar-refractivity contribution is -0.133.